The Morgan fingerprint density at radius 2 is 2.23 bits per heavy atom. The predicted octanol–water partition coefficient (Wildman–Crippen LogP) is 1.10. The lowest BCUT2D eigenvalue weighted by molar-refractivity contribution is -0.166. The van der Waals surface area contributed by atoms with E-state index in [1.54, 1.807) is 6.07 Å². The molecule has 0 radical (unpaired) electrons. The summed E-state index contributed by atoms with van der Waals surface area (Å²) in [5, 5.41) is 18.0. The number of aliphatic hydroxyl groups is 1. The Morgan fingerprint density at radius 1 is 1.36 bits per heavy atom. The molecule has 2 aliphatic heterocycles. The molecule has 5 rings (SSSR count). The van der Waals surface area contributed by atoms with E-state index in [1.165, 1.54) is 0 Å². The Labute approximate surface area is 126 Å². The van der Waals surface area contributed by atoms with Crippen LogP contribution in [0.4, 0.5) is 5.69 Å². The molecule has 2 N–H and O–H groups in total. The van der Waals surface area contributed by atoms with Gasteiger partial charge in [-0.25, -0.2) is 0 Å². The summed E-state index contributed by atoms with van der Waals surface area (Å²) in [6.07, 6.45) is 1.39. The average molecular weight is 300 g/mol. The van der Waals surface area contributed by atoms with Gasteiger partial charge in [0.25, 0.3) is 0 Å². The fourth-order valence-electron chi connectivity index (χ4n) is 5.30. The number of rotatable bonds is 1. The van der Waals surface area contributed by atoms with E-state index >= 15 is 0 Å². The van der Waals surface area contributed by atoms with Crippen molar-refractivity contribution in [3.63, 3.8) is 0 Å². The molecular formula is C16H16N2O4. The molecule has 0 aromatic heterocycles. The molecule has 22 heavy (non-hydrogen) atoms. The van der Waals surface area contributed by atoms with Crippen LogP contribution in [0, 0.1) is 4.91 Å². The van der Waals surface area contributed by atoms with Crippen LogP contribution in [0.5, 0.6) is 5.75 Å². The quantitative estimate of drug-likeness (QED) is 0.758. The van der Waals surface area contributed by atoms with E-state index in [9.17, 15) is 14.8 Å². The Morgan fingerprint density at radius 3 is 3.05 bits per heavy atom. The number of Topliss-reactive ketones (excluding diaryl/α,β-unsaturated/α-hetero) is 1. The SMILES string of the molecule is O=Nc1ccc2c3c1O[C@H]1C(=O)CC[C@@]4(O)C(C2)NCCC314. The summed E-state index contributed by atoms with van der Waals surface area (Å²) in [5.41, 5.74) is 0.435. The topological polar surface area (TPSA) is 88.0 Å². The highest BCUT2D eigenvalue weighted by Crippen LogP contribution is 2.63. The first-order valence-electron chi connectivity index (χ1n) is 7.77. The largest absolute Gasteiger partial charge is 0.479 e. The number of carbonyl (C=O) groups excluding carboxylic acids is 1. The number of piperidine rings is 1. The minimum Gasteiger partial charge on any atom is -0.479 e. The normalized spacial score (nSPS) is 40.9. The Balaban J connectivity index is 1.89. The summed E-state index contributed by atoms with van der Waals surface area (Å²) in [7, 11) is 0. The summed E-state index contributed by atoms with van der Waals surface area (Å²) >= 11 is 0. The van der Waals surface area contributed by atoms with Crippen molar-refractivity contribution >= 4 is 11.5 Å². The molecule has 1 saturated heterocycles. The number of nitrogens with zero attached hydrogens (tertiary/aromatic N) is 1. The number of hydrogen-bond donors (Lipinski definition) is 2. The zero-order valence-corrected chi connectivity index (χ0v) is 12.0. The van der Waals surface area contributed by atoms with Gasteiger partial charge in [0, 0.05) is 18.0 Å². The molecule has 4 aliphatic rings. The van der Waals surface area contributed by atoms with Gasteiger partial charge in [0.1, 0.15) is 5.69 Å². The Hall–Kier alpha value is -1.79. The van der Waals surface area contributed by atoms with Gasteiger partial charge in [0.2, 0.25) is 0 Å². The molecule has 2 fully saturated rings. The molecule has 2 unspecified atom stereocenters. The maximum Gasteiger partial charge on any atom is 0.174 e. The summed E-state index contributed by atoms with van der Waals surface area (Å²) < 4.78 is 5.95. The molecule has 1 aromatic rings. The van der Waals surface area contributed by atoms with Crippen molar-refractivity contribution in [2.45, 2.75) is 48.8 Å². The van der Waals surface area contributed by atoms with Crippen LogP contribution >= 0.6 is 0 Å². The highest BCUT2D eigenvalue weighted by Gasteiger charge is 2.71. The molecule has 2 aliphatic carbocycles. The van der Waals surface area contributed by atoms with Crippen LogP contribution in [0.2, 0.25) is 0 Å². The van der Waals surface area contributed by atoms with Crippen molar-refractivity contribution < 1.29 is 14.6 Å². The van der Waals surface area contributed by atoms with Crippen LogP contribution in [0.25, 0.3) is 0 Å². The van der Waals surface area contributed by atoms with E-state index in [2.05, 4.69) is 10.5 Å². The Kier molecular flexibility index (Phi) is 2.17. The van der Waals surface area contributed by atoms with Crippen LogP contribution in [-0.2, 0) is 16.6 Å². The van der Waals surface area contributed by atoms with E-state index in [0.717, 1.165) is 17.7 Å². The number of benzene rings is 1. The number of nitrogens with one attached hydrogen (secondary N) is 1. The Bertz CT molecular complexity index is 733. The average Bonchev–Trinajstić information content (AvgIpc) is 2.85. The summed E-state index contributed by atoms with van der Waals surface area (Å²) in [6, 6.07) is 3.47. The van der Waals surface area contributed by atoms with E-state index < -0.39 is 17.1 Å². The zero-order chi connectivity index (χ0) is 15.1. The molecule has 2 heterocycles. The van der Waals surface area contributed by atoms with Gasteiger partial charge in [-0.1, -0.05) is 6.07 Å². The second kappa shape index (κ2) is 3.75. The maximum absolute atomic E-state index is 12.5. The van der Waals surface area contributed by atoms with Crippen LogP contribution in [-0.4, -0.2) is 35.2 Å². The van der Waals surface area contributed by atoms with Gasteiger partial charge in [-0.15, -0.1) is 4.91 Å². The van der Waals surface area contributed by atoms with Gasteiger partial charge in [-0.05, 0) is 42.6 Å². The standard InChI is InChI=1S/C16H16N2O4/c19-10-3-4-16(20)11-7-8-1-2-9(18-21)13-12(8)15(16,5-6-17-11)14(10)22-13/h1-2,11,14,17,20H,3-7H2/t11?,14-,15?,16+/m0/s1. The first kappa shape index (κ1) is 12.7. The molecule has 2 bridgehead atoms. The molecule has 4 atom stereocenters. The van der Waals surface area contributed by atoms with Crippen LogP contribution in [0.3, 0.4) is 0 Å². The lowest BCUT2D eigenvalue weighted by Crippen LogP contribution is -2.76. The fraction of sp³-hybridized carbons (Fsp3) is 0.562. The maximum atomic E-state index is 12.5. The van der Waals surface area contributed by atoms with Crippen LogP contribution < -0.4 is 10.1 Å². The summed E-state index contributed by atoms with van der Waals surface area (Å²) in [6.45, 7) is 0.734. The summed E-state index contributed by atoms with van der Waals surface area (Å²) in [4.78, 5) is 23.6. The molecule has 6 heteroatoms. The first-order chi connectivity index (χ1) is 10.6. The minimum absolute atomic E-state index is 0.0197. The molecule has 0 amide bonds. The van der Waals surface area contributed by atoms with Crippen molar-refractivity contribution in [3.05, 3.63) is 28.2 Å². The highest BCUT2D eigenvalue weighted by atomic mass is 16.5. The van der Waals surface area contributed by atoms with Gasteiger partial charge in [0.15, 0.2) is 17.6 Å². The van der Waals surface area contributed by atoms with E-state index in [1.807, 2.05) is 6.07 Å². The van der Waals surface area contributed by atoms with Gasteiger partial charge in [-0.3, -0.25) is 4.79 Å². The molecule has 114 valence electrons. The van der Waals surface area contributed by atoms with Crippen LogP contribution in [0.1, 0.15) is 30.4 Å². The molecule has 1 saturated carbocycles. The number of carbonyl (C=O) groups is 1. The second-order valence-corrected chi connectivity index (χ2v) is 6.86. The summed E-state index contributed by atoms with van der Waals surface area (Å²) in [5.74, 6) is 0.442. The fourth-order valence-corrected chi connectivity index (χ4v) is 5.30. The monoisotopic (exact) mass is 300 g/mol. The molecule has 1 spiro atoms. The van der Waals surface area contributed by atoms with Crippen molar-refractivity contribution in [3.8, 4) is 5.75 Å². The number of ketones is 1. The number of hydrogen-bond acceptors (Lipinski definition) is 6. The molecular weight excluding hydrogens is 284 g/mol. The van der Waals surface area contributed by atoms with E-state index in [4.69, 9.17) is 4.74 Å². The lowest BCUT2D eigenvalue weighted by Gasteiger charge is -2.59. The zero-order valence-electron chi connectivity index (χ0n) is 12.0. The van der Waals surface area contributed by atoms with Gasteiger partial charge in [0.05, 0.1) is 11.0 Å². The smallest absolute Gasteiger partial charge is 0.174 e. The lowest BCUT2D eigenvalue weighted by atomic mass is 9.49. The van der Waals surface area contributed by atoms with Crippen molar-refractivity contribution in [1.29, 1.82) is 0 Å². The predicted molar refractivity (Wildman–Crippen MR) is 77.3 cm³/mol. The third kappa shape index (κ3) is 1.13. The van der Waals surface area contributed by atoms with Crippen molar-refractivity contribution in [2.75, 3.05) is 6.54 Å². The van der Waals surface area contributed by atoms with E-state index in [-0.39, 0.29) is 17.5 Å². The van der Waals surface area contributed by atoms with Crippen molar-refractivity contribution in [1.82, 2.24) is 5.32 Å². The molecule has 1 aromatic carbocycles. The number of nitroso groups, excluding NO2 is 1. The van der Waals surface area contributed by atoms with Gasteiger partial charge >= 0.3 is 0 Å². The van der Waals surface area contributed by atoms with Gasteiger partial charge in [-0.2, -0.15) is 0 Å². The highest BCUT2D eigenvalue weighted by molar-refractivity contribution is 5.90. The first-order valence-corrected chi connectivity index (χ1v) is 7.77. The van der Waals surface area contributed by atoms with Crippen LogP contribution in [0.15, 0.2) is 17.3 Å². The second-order valence-electron chi connectivity index (χ2n) is 6.86. The number of ether oxygens (including phenoxy) is 1. The minimum atomic E-state index is -0.996. The molecule has 6 nitrogen and oxygen atoms in total. The third-order valence-corrected chi connectivity index (χ3v) is 6.18. The van der Waals surface area contributed by atoms with Crippen molar-refractivity contribution in [2.24, 2.45) is 5.18 Å². The van der Waals surface area contributed by atoms with Gasteiger partial charge < -0.3 is 15.2 Å². The van der Waals surface area contributed by atoms with E-state index in [0.29, 0.717) is 31.4 Å². The third-order valence-electron chi connectivity index (χ3n) is 6.18.